The number of carboxylic acid groups (broad SMARTS) is 1. The Labute approximate surface area is 499 Å². The molecule has 466 valence electrons. The van der Waals surface area contributed by atoms with Gasteiger partial charge < -0.3 is 28.5 Å². The molecule has 9 heteroatoms. The normalized spacial score (nSPS) is 13.3. The summed E-state index contributed by atoms with van der Waals surface area (Å²) >= 11 is 0. The summed E-state index contributed by atoms with van der Waals surface area (Å²) in [5.41, 5.74) is 0. The second-order valence-electron chi connectivity index (χ2n) is 23.4. The lowest BCUT2D eigenvalue weighted by molar-refractivity contribution is -0.870. The molecule has 0 heterocycles. The van der Waals surface area contributed by atoms with Gasteiger partial charge in [0, 0.05) is 12.8 Å². The van der Waals surface area contributed by atoms with Gasteiger partial charge in [0.25, 0.3) is 6.29 Å². The Balaban J connectivity index is 4.06. The smallest absolute Gasteiger partial charge is 0.361 e. The van der Waals surface area contributed by atoms with Gasteiger partial charge in [-0.15, -0.1) is 0 Å². The Bertz CT molecular complexity index is 1650. The number of unbranched alkanes of at least 4 members (excludes halogenated alkanes) is 30. The second-order valence-corrected chi connectivity index (χ2v) is 23.4. The highest BCUT2D eigenvalue weighted by Crippen LogP contribution is 2.17. The highest BCUT2D eigenvalue weighted by molar-refractivity contribution is 5.71. The monoisotopic (exact) mass is 1130 g/mol. The van der Waals surface area contributed by atoms with Crippen molar-refractivity contribution in [2.45, 2.75) is 296 Å². The molecular formula is C72H126NO8+. The van der Waals surface area contributed by atoms with E-state index in [4.69, 9.17) is 18.9 Å². The van der Waals surface area contributed by atoms with Crippen molar-refractivity contribution in [3.63, 3.8) is 0 Å². The molecule has 0 radical (unpaired) electrons. The molecule has 0 aromatic heterocycles. The van der Waals surface area contributed by atoms with Crippen LogP contribution in [-0.2, 0) is 33.3 Å². The lowest BCUT2D eigenvalue weighted by atomic mass is 10.0. The highest BCUT2D eigenvalue weighted by Gasteiger charge is 2.25. The van der Waals surface area contributed by atoms with E-state index in [2.05, 4.69) is 111 Å². The fourth-order valence-corrected chi connectivity index (χ4v) is 9.23. The molecule has 0 aliphatic heterocycles. The van der Waals surface area contributed by atoms with Crippen LogP contribution in [0.25, 0.3) is 0 Å². The molecule has 1 N–H and O–H groups in total. The Hall–Kier alpha value is -3.79. The van der Waals surface area contributed by atoms with E-state index in [-0.39, 0.29) is 32.2 Å². The third kappa shape index (κ3) is 63.6. The molecule has 0 saturated heterocycles. The van der Waals surface area contributed by atoms with Crippen molar-refractivity contribution >= 4 is 17.9 Å². The minimum atomic E-state index is -1.52. The Morgan fingerprint density at radius 2 is 0.704 bits per heavy atom. The van der Waals surface area contributed by atoms with Gasteiger partial charge in [-0.1, -0.05) is 272 Å². The lowest BCUT2D eigenvalue weighted by Crippen LogP contribution is -2.40. The van der Waals surface area contributed by atoms with Crippen LogP contribution in [0.3, 0.4) is 0 Å². The summed E-state index contributed by atoms with van der Waals surface area (Å²) in [6.45, 7) is 4.73. The molecule has 0 rings (SSSR count). The maximum atomic E-state index is 12.9. The summed E-state index contributed by atoms with van der Waals surface area (Å²) < 4.78 is 22.9. The molecule has 0 aliphatic carbocycles. The second kappa shape index (κ2) is 62.3. The summed E-state index contributed by atoms with van der Waals surface area (Å²) in [5, 5.41) is 9.72. The van der Waals surface area contributed by atoms with Gasteiger partial charge in [0.1, 0.15) is 13.2 Å². The standard InChI is InChI=1S/C72H125NO8/c1-6-8-10-12-14-16-18-20-22-24-26-27-28-29-30-31-32-33-34-35-36-37-38-39-40-41-42-43-45-46-48-50-52-54-56-58-60-62-69(74)79-66-68(67-80-72(71(76)77)78-65-64-73(3,4)5)81-70(75)63-61-59-57-55-53-51-49-47-44-25-23-21-19-17-15-13-11-9-7-2/h9,11,15,17-18,20-21,23-24,26,28-29,44,47,51,53,68,72H,6-8,10,12-14,16,19,22,25,27,30-43,45-46,48-50,52,54-67H2,1-5H3/p+1/b11-9-,17-15-,20-18-,23-21-,26-24-,29-28-,47-44-,53-51-. The molecule has 2 atom stereocenters. The molecule has 0 amide bonds. The number of hydrogen-bond donors (Lipinski definition) is 1. The third-order valence-corrected chi connectivity index (χ3v) is 14.3. The van der Waals surface area contributed by atoms with Crippen molar-refractivity contribution in [3.05, 3.63) is 97.2 Å². The van der Waals surface area contributed by atoms with Crippen molar-refractivity contribution in [3.8, 4) is 0 Å². The van der Waals surface area contributed by atoms with Gasteiger partial charge in [-0.2, -0.15) is 0 Å². The quantitative estimate of drug-likeness (QED) is 0.0211. The summed E-state index contributed by atoms with van der Waals surface area (Å²) in [5.74, 6) is -2.05. The number of aliphatic carboxylic acids is 1. The molecule has 0 spiro atoms. The predicted octanol–water partition coefficient (Wildman–Crippen LogP) is 20.5. The Kier molecular flexibility index (Phi) is 59.3. The van der Waals surface area contributed by atoms with Crippen LogP contribution in [0.1, 0.15) is 284 Å². The first kappa shape index (κ1) is 77.2. The molecule has 0 aromatic carbocycles. The van der Waals surface area contributed by atoms with Crippen molar-refractivity contribution in [2.24, 2.45) is 0 Å². The third-order valence-electron chi connectivity index (χ3n) is 14.3. The fourth-order valence-electron chi connectivity index (χ4n) is 9.23. The lowest BCUT2D eigenvalue weighted by Gasteiger charge is -2.25. The number of ether oxygens (including phenoxy) is 4. The van der Waals surface area contributed by atoms with Gasteiger partial charge in [-0.25, -0.2) is 4.79 Å². The van der Waals surface area contributed by atoms with E-state index in [0.717, 1.165) is 83.5 Å². The van der Waals surface area contributed by atoms with Gasteiger partial charge >= 0.3 is 17.9 Å². The summed E-state index contributed by atoms with van der Waals surface area (Å²) in [7, 11) is 5.96. The average molecular weight is 1130 g/mol. The number of carbonyl (C=O) groups is 3. The van der Waals surface area contributed by atoms with Crippen LogP contribution in [0.2, 0.25) is 0 Å². The van der Waals surface area contributed by atoms with Gasteiger partial charge in [-0.3, -0.25) is 9.59 Å². The highest BCUT2D eigenvalue weighted by atomic mass is 16.7. The molecule has 0 saturated carbocycles. The number of rotatable bonds is 61. The first-order chi connectivity index (χ1) is 39.6. The van der Waals surface area contributed by atoms with Crippen LogP contribution in [0.5, 0.6) is 0 Å². The zero-order valence-corrected chi connectivity index (χ0v) is 53.2. The molecule has 9 nitrogen and oxygen atoms in total. The number of carbonyl (C=O) groups excluding carboxylic acids is 2. The number of likely N-dealkylation sites (N-methyl/N-ethyl adjacent to an activating group) is 1. The largest absolute Gasteiger partial charge is 0.477 e. The zero-order valence-electron chi connectivity index (χ0n) is 53.2. The van der Waals surface area contributed by atoms with Crippen molar-refractivity contribution in [1.82, 2.24) is 0 Å². The number of allylic oxidation sites excluding steroid dienone is 16. The van der Waals surface area contributed by atoms with Gasteiger partial charge in [0.2, 0.25) is 0 Å². The maximum Gasteiger partial charge on any atom is 0.361 e. The van der Waals surface area contributed by atoms with E-state index >= 15 is 0 Å². The van der Waals surface area contributed by atoms with Gasteiger partial charge in [-0.05, 0) is 96.3 Å². The summed E-state index contributed by atoms with van der Waals surface area (Å²) in [4.78, 5) is 37.5. The van der Waals surface area contributed by atoms with Crippen molar-refractivity contribution in [1.29, 1.82) is 0 Å². The molecule has 0 fully saturated rings. The van der Waals surface area contributed by atoms with Crippen LogP contribution in [-0.4, -0.2) is 87.4 Å². The van der Waals surface area contributed by atoms with E-state index in [1.165, 1.54) is 167 Å². The summed E-state index contributed by atoms with van der Waals surface area (Å²) in [6.07, 6.45) is 82.4. The zero-order chi connectivity index (χ0) is 59.1. The van der Waals surface area contributed by atoms with Gasteiger partial charge in [0.05, 0.1) is 34.4 Å². The van der Waals surface area contributed by atoms with Crippen LogP contribution in [0, 0.1) is 0 Å². The SMILES string of the molecule is CC/C=C\C/C=C\C/C=C\C/C=C\C/C=C\CCCCCC(=O)OC(COC(=O)CCCCCCCCCCCCCCCCCCCCCCCC/C=C\C/C=C\C/C=C\CCCCCCC)COC(OCC[N+](C)(C)C)C(=O)O. The number of esters is 2. The number of hydrogen-bond acceptors (Lipinski definition) is 7. The van der Waals surface area contributed by atoms with E-state index in [0.29, 0.717) is 23.9 Å². The molecule has 0 aliphatic rings. The van der Waals surface area contributed by atoms with Crippen LogP contribution in [0.4, 0.5) is 0 Å². The van der Waals surface area contributed by atoms with Crippen LogP contribution in [0.15, 0.2) is 97.2 Å². The van der Waals surface area contributed by atoms with E-state index < -0.39 is 24.3 Å². The van der Waals surface area contributed by atoms with Gasteiger partial charge in [0.15, 0.2) is 6.10 Å². The molecule has 2 unspecified atom stereocenters. The van der Waals surface area contributed by atoms with Crippen molar-refractivity contribution in [2.75, 3.05) is 47.5 Å². The van der Waals surface area contributed by atoms with Crippen LogP contribution >= 0.6 is 0 Å². The number of nitrogens with zero attached hydrogens (tertiary/aromatic N) is 1. The minimum Gasteiger partial charge on any atom is -0.477 e. The van der Waals surface area contributed by atoms with Crippen molar-refractivity contribution < 1.29 is 42.9 Å². The van der Waals surface area contributed by atoms with Crippen LogP contribution < -0.4 is 0 Å². The topological polar surface area (TPSA) is 108 Å². The Morgan fingerprint density at radius 3 is 1.06 bits per heavy atom. The molecule has 81 heavy (non-hydrogen) atoms. The molecular weight excluding hydrogens is 1010 g/mol. The van der Waals surface area contributed by atoms with E-state index in [1.54, 1.807) is 0 Å². The average Bonchev–Trinajstić information content (AvgIpc) is 3.44. The Morgan fingerprint density at radius 1 is 0.383 bits per heavy atom. The molecule has 0 aromatic rings. The predicted molar refractivity (Wildman–Crippen MR) is 345 cm³/mol. The van der Waals surface area contributed by atoms with E-state index in [9.17, 15) is 19.5 Å². The first-order valence-corrected chi connectivity index (χ1v) is 33.4. The fraction of sp³-hybridized carbons (Fsp3) is 0.736. The van der Waals surface area contributed by atoms with E-state index in [1.807, 2.05) is 21.1 Å². The summed E-state index contributed by atoms with van der Waals surface area (Å²) in [6, 6.07) is 0. The molecule has 0 bridgehead atoms. The minimum absolute atomic E-state index is 0.178. The maximum absolute atomic E-state index is 12.9. The first-order valence-electron chi connectivity index (χ1n) is 33.4. The number of quaternary nitrogens is 1. The number of carboxylic acids is 1.